The maximum Gasteiger partial charge on any atom is 0.453 e. The first-order valence-corrected chi connectivity index (χ1v) is 5.95. The number of aromatic nitrogens is 3. The first kappa shape index (κ1) is 15.9. The van der Waals surface area contributed by atoms with Crippen molar-refractivity contribution in [2.45, 2.75) is 24.9 Å². The van der Waals surface area contributed by atoms with Crippen LogP contribution in [0.15, 0.2) is 12.4 Å². The van der Waals surface area contributed by atoms with E-state index in [1.165, 1.54) is 23.9 Å². The van der Waals surface area contributed by atoms with E-state index in [4.69, 9.17) is 10.00 Å². The number of fused-ring (bicyclic) bond motifs is 1. The number of halogens is 5. The Morgan fingerprint density at radius 1 is 1.23 bits per heavy atom. The minimum absolute atomic E-state index is 0.0637. The van der Waals surface area contributed by atoms with E-state index in [1.807, 2.05) is 0 Å². The molecule has 0 radical (unpaired) electrons. The molecule has 0 saturated carbocycles. The van der Waals surface area contributed by atoms with E-state index in [2.05, 4.69) is 9.97 Å². The first-order chi connectivity index (χ1) is 10.2. The van der Waals surface area contributed by atoms with Crippen LogP contribution in [0.2, 0.25) is 0 Å². The summed E-state index contributed by atoms with van der Waals surface area (Å²) in [6, 6.07) is 1.70. The van der Waals surface area contributed by atoms with Gasteiger partial charge < -0.3 is 4.74 Å². The van der Waals surface area contributed by atoms with E-state index in [1.54, 1.807) is 6.07 Å². The Kier molecular flexibility index (Phi) is 3.91. The molecule has 0 unspecified atom stereocenters. The molecule has 0 aliphatic heterocycles. The van der Waals surface area contributed by atoms with Crippen molar-refractivity contribution in [2.75, 3.05) is 7.11 Å². The molecule has 0 aliphatic carbocycles. The van der Waals surface area contributed by atoms with Crippen LogP contribution in [-0.4, -0.2) is 33.6 Å². The van der Waals surface area contributed by atoms with Gasteiger partial charge in [0, 0.05) is 12.6 Å². The molecule has 0 N–H and O–H groups in total. The molecule has 0 atom stereocenters. The quantitative estimate of drug-likeness (QED) is 0.813. The molecule has 5 nitrogen and oxygen atoms in total. The van der Waals surface area contributed by atoms with E-state index in [-0.39, 0.29) is 22.9 Å². The number of aryl methyl sites for hydroxylation is 1. The second kappa shape index (κ2) is 5.40. The summed E-state index contributed by atoms with van der Waals surface area (Å²) in [7, 11) is 1.32. The van der Waals surface area contributed by atoms with E-state index in [0.29, 0.717) is 0 Å². The third kappa shape index (κ3) is 2.93. The van der Waals surface area contributed by atoms with Gasteiger partial charge in [-0.15, -0.1) is 0 Å². The van der Waals surface area contributed by atoms with Gasteiger partial charge in [0.25, 0.3) is 0 Å². The number of imidazole rings is 1. The van der Waals surface area contributed by atoms with Crippen LogP contribution in [-0.2, 0) is 6.42 Å². The zero-order valence-corrected chi connectivity index (χ0v) is 11.2. The largest absolute Gasteiger partial charge is 0.480 e. The van der Waals surface area contributed by atoms with Gasteiger partial charge in [0.2, 0.25) is 5.88 Å². The average molecular weight is 320 g/mol. The summed E-state index contributed by atoms with van der Waals surface area (Å²) in [5.41, 5.74) is -0.196. The summed E-state index contributed by atoms with van der Waals surface area (Å²) in [6.45, 7) is 0. The lowest BCUT2D eigenvalue weighted by Gasteiger charge is -2.19. The summed E-state index contributed by atoms with van der Waals surface area (Å²) < 4.78 is 68.7. The van der Waals surface area contributed by atoms with Crippen LogP contribution < -0.4 is 4.74 Å². The molecule has 2 heterocycles. The van der Waals surface area contributed by atoms with Crippen molar-refractivity contribution in [1.29, 1.82) is 5.26 Å². The highest BCUT2D eigenvalue weighted by Gasteiger charge is 2.56. The topological polar surface area (TPSA) is 63.2 Å². The third-order valence-electron chi connectivity index (χ3n) is 2.90. The predicted octanol–water partition coefficient (Wildman–Crippen LogP) is 2.74. The highest BCUT2D eigenvalue weighted by molar-refractivity contribution is 5.48. The van der Waals surface area contributed by atoms with Crippen molar-refractivity contribution in [1.82, 2.24) is 14.4 Å². The van der Waals surface area contributed by atoms with Gasteiger partial charge >= 0.3 is 12.1 Å². The second-order valence-electron chi connectivity index (χ2n) is 4.40. The van der Waals surface area contributed by atoms with Crippen LogP contribution in [0.5, 0.6) is 5.88 Å². The Hall–Kier alpha value is -2.44. The molecule has 0 spiro atoms. The van der Waals surface area contributed by atoms with Crippen molar-refractivity contribution >= 4 is 5.65 Å². The first-order valence-electron chi connectivity index (χ1n) is 5.95. The number of nitrogens with zero attached hydrogens (tertiary/aromatic N) is 4. The number of nitriles is 1. The molecular formula is C12H9F5N4O. The van der Waals surface area contributed by atoms with Gasteiger partial charge in [-0.1, -0.05) is 0 Å². The fourth-order valence-corrected chi connectivity index (χ4v) is 1.78. The summed E-state index contributed by atoms with van der Waals surface area (Å²) in [5.74, 6) is -4.72. The molecule has 10 heteroatoms. The molecule has 0 amide bonds. The van der Waals surface area contributed by atoms with Crippen molar-refractivity contribution in [3.8, 4) is 11.9 Å². The molecule has 2 rings (SSSR count). The average Bonchev–Trinajstić information content (AvgIpc) is 2.86. The number of ether oxygens (including phenoxy) is 1. The normalized spacial score (nSPS) is 12.4. The second-order valence-corrected chi connectivity index (χ2v) is 4.40. The number of rotatable bonds is 4. The Bertz CT molecular complexity index is 731. The molecule has 2 aromatic heterocycles. The third-order valence-corrected chi connectivity index (χ3v) is 2.90. The Labute approximate surface area is 121 Å². The number of methoxy groups -OCH3 is 1. The molecule has 0 bridgehead atoms. The zero-order chi connectivity index (χ0) is 16.5. The molecule has 0 saturated heterocycles. The highest BCUT2D eigenvalue weighted by Crippen LogP contribution is 2.38. The smallest absolute Gasteiger partial charge is 0.453 e. The van der Waals surface area contributed by atoms with Crippen LogP contribution in [0.25, 0.3) is 5.65 Å². The van der Waals surface area contributed by atoms with Crippen LogP contribution >= 0.6 is 0 Å². The van der Waals surface area contributed by atoms with E-state index in [0.717, 1.165) is 0 Å². The number of hydrogen-bond donors (Lipinski definition) is 0. The van der Waals surface area contributed by atoms with Gasteiger partial charge in [-0.2, -0.15) is 32.2 Å². The van der Waals surface area contributed by atoms with Gasteiger partial charge in [-0.05, 0) is 6.42 Å². The molecule has 0 fully saturated rings. The van der Waals surface area contributed by atoms with Gasteiger partial charge in [0.05, 0.1) is 19.0 Å². The molecule has 22 heavy (non-hydrogen) atoms. The Balaban J connectivity index is 2.38. The van der Waals surface area contributed by atoms with Gasteiger partial charge in [0.15, 0.2) is 11.3 Å². The summed E-state index contributed by atoms with van der Waals surface area (Å²) >= 11 is 0. The number of hydrogen-bond acceptors (Lipinski definition) is 4. The fraction of sp³-hybridized carbons (Fsp3) is 0.417. The lowest BCUT2D eigenvalue weighted by molar-refractivity contribution is -0.284. The minimum Gasteiger partial charge on any atom is -0.480 e. The molecule has 0 aromatic carbocycles. The molecule has 2 aromatic rings. The SMILES string of the molecule is COc1cn2cc(C#N)nc(CCC(F)(F)C(F)(F)F)c2n1. The number of alkyl halides is 5. The van der Waals surface area contributed by atoms with Crippen LogP contribution in [0, 0.1) is 11.3 Å². The van der Waals surface area contributed by atoms with Gasteiger partial charge in [-0.3, -0.25) is 4.40 Å². The lowest BCUT2D eigenvalue weighted by Crippen LogP contribution is -2.36. The zero-order valence-electron chi connectivity index (χ0n) is 11.2. The lowest BCUT2D eigenvalue weighted by atomic mass is 10.1. The van der Waals surface area contributed by atoms with Gasteiger partial charge in [-0.25, -0.2) is 4.98 Å². The van der Waals surface area contributed by atoms with E-state index in [9.17, 15) is 22.0 Å². The highest BCUT2D eigenvalue weighted by atomic mass is 19.4. The minimum atomic E-state index is -5.64. The molecule has 118 valence electrons. The predicted molar refractivity (Wildman–Crippen MR) is 63.6 cm³/mol. The standard InChI is InChI=1S/C12H9F5N4O/c1-22-9-6-21-5-7(4-18)19-8(10(21)20-9)2-3-11(13,14)12(15,16)17/h5-6H,2-3H2,1H3. The summed E-state index contributed by atoms with van der Waals surface area (Å²) in [5, 5.41) is 8.84. The monoisotopic (exact) mass is 320 g/mol. The fourth-order valence-electron chi connectivity index (χ4n) is 1.78. The van der Waals surface area contributed by atoms with Gasteiger partial charge in [0.1, 0.15) is 6.07 Å². The summed E-state index contributed by atoms with van der Waals surface area (Å²) in [4.78, 5) is 7.66. The van der Waals surface area contributed by atoms with Crippen LogP contribution in [0.1, 0.15) is 17.8 Å². The van der Waals surface area contributed by atoms with Crippen molar-refractivity contribution < 1.29 is 26.7 Å². The Morgan fingerprint density at radius 2 is 1.91 bits per heavy atom. The Morgan fingerprint density at radius 3 is 2.45 bits per heavy atom. The van der Waals surface area contributed by atoms with Crippen molar-refractivity contribution in [3.63, 3.8) is 0 Å². The van der Waals surface area contributed by atoms with Crippen LogP contribution in [0.4, 0.5) is 22.0 Å². The van der Waals surface area contributed by atoms with Crippen molar-refractivity contribution in [3.05, 3.63) is 23.8 Å². The molecule has 0 aliphatic rings. The maximum absolute atomic E-state index is 13.0. The molecular weight excluding hydrogens is 311 g/mol. The van der Waals surface area contributed by atoms with Crippen molar-refractivity contribution in [2.24, 2.45) is 0 Å². The maximum atomic E-state index is 13.0. The van der Waals surface area contributed by atoms with E-state index < -0.39 is 24.9 Å². The van der Waals surface area contributed by atoms with E-state index >= 15 is 0 Å². The summed E-state index contributed by atoms with van der Waals surface area (Å²) in [6.07, 6.45) is -5.17. The van der Waals surface area contributed by atoms with Crippen LogP contribution in [0.3, 0.4) is 0 Å².